The van der Waals surface area contributed by atoms with Crippen LogP contribution in [0.1, 0.15) is 33.2 Å². The van der Waals surface area contributed by atoms with Crippen molar-refractivity contribution in [2.75, 3.05) is 0 Å². The Balaban J connectivity index is 1.65. The third-order valence-corrected chi connectivity index (χ3v) is 5.30. The van der Waals surface area contributed by atoms with Gasteiger partial charge in [0.1, 0.15) is 11.5 Å². The van der Waals surface area contributed by atoms with Gasteiger partial charge >= 0.3 is 11.9 Å². The van der Waals surface area contributed by atoms with Crippen LogP contribution in [-0.4, -0.2) is 11.9 Å². The van der Waals surface area contributed by atoms with Crippen molar-refractivity contribution < 1.29 is 45.4 Å². The van der Waals surface area contributed by atoms with Gasteiger partial charge in [-0.3, -0.25) is 0 Å². The van der Waals surface area contributed by atoms with Crippen molar-refractivity contribution in [3.8, 4) is 11.5 Å². The number of benzene rings is 4. The molecule has 0 aliphatic carbocycles. The Morgan fingerprint density at radius 2 is 1.14 bits per heavy atom. The fraction of sp³-hybridized carbons (Fsp3) is 0.0769. The molecule has 36 heavy (non-hydrogen) atoms. The fourth-order valence-electron chi connectivity index (χ4n) is 3.50. The molecule has 0 aliphatic rings. The van der Waals surface area contributed by atoms with Crippen LogP contribution in [0.2, 0.25) is 0 Å². The maximum atomic E-state index is 14.0. The smallest absolute Gasteiger partial charge is 0.346 e. The summed E-state index contributed by atoms with van der Waals surface area (Å²) in [5, 5.41) is 1.05. The Kier molecular flexibility index (Phi) is 6.69. The predicted octanol–water partition coefficient (Wildman–Crippen LogP) is 6.68. The Morgan fingerprint density at radius 1 is 0.639 bits per heavy atom. The molecule has 4 nitrogen and oxygen atoms in total. The van der Waals surface area contributed by atoms with Gasteiger partial charge < -0.3 is 9.47 Å². The summed E-state index contributed by atoms with van der Waals surface area (Å²) in [6.07, 6.45) is 0.459. The number of hydrogen-bond donors (Lipinski definition) is 0. The van der Waals surface area contributed by atoms with Gasteiger partial charge in [0.2, 0.25) is 0 Å². The molecule has 0 fully saturated rings. The van der Waals surface area contributed by atoms with Crippen LogP contribution in [0, 0.1) is 34.9 Å². The van der Waals surface area contributed by atoms with Crippen molar-refractivity contribution in [2.24, 2.45) is 0 Å². The van der Waals surface area contributed by atoms with Crippen LogP contribution in [-0.2, 0) is 6.42 Å². The van der Waals surface area contributed by atoms with E-state index in [2.05, 4.69) is 0 Å². The van der Waals surface area contributed by atoms with Crippen molar-refractivity contribution in [1.82, 2.24) is 0 Å². The first-order chi connectivity index (χ1) is 17.1. The van der Waals surface area contributed by atoms with E-state index in [0.717, 1.165) is 12.1 Å². The number of halogens is 6. The lowest BCUT2D eigenvalue weighted by molar-refractivity contribution is 0.0719. The van der Waals surface area contributed by atoms with Gasteiger partial charge in [-0.15, -0.1) is 0 Å². The Labute approximate surface area is 199 Å². The monoisotopic (exact) mass is 504 g/mol. The number of esters is 2. The average molecular weight is 504 g/mol. The van der Waals surface area contributed by atoms with Crippen LogP contribution in [0.5, 0.6) is 11.5 Å². The molecule has 4 rings (SSSR count). The Bertz CT molecular complexity index is 1530. The van der Waals surface area contributed by atoms with Crippen molar-refractivity contribution in [1.29, 1.82) is 0 Å². The largest absolute Gasteiger partial charge is 0.423 e. The van der Waals surface area contributed by atoms with Gasteiger partial charge in [0, 0.05) is 0 Å². The van der Waals surface area contributed by atoms with E-state index < -0.39 is 58.0 Å². The molecule has 0 saturated heterocycles. The Hall–Kier alpha value is -4.34. The maximum Gasteiger partial charge on any atom is 0.346 e. The zero-order valence-electron chi connectivity index (χ0n) is 18.3. The number of fused-ring (bicyclic) bond motifs is 1. The molecule has 0 bridgehead atoms. The number of aryl methyl sites for hydroxylation is 1. The second kappa shape index (κ2) is 9.73. The molecular weight excluding hydrogens is 490 g/mol. The summed E-state index contributed by atoms with van der Waals surface area (Å²) in [5.41, 5.74) is -0.964. The lowest BCUT2D eigenvalue weighted by Crippen LogP contribution is -2.13. The van der Waals surface area contributed by atoms with E-state index in [1.165, 1.54) is 24.3 Å². The van der Waals surface area contributed by atoms with Crippen LogP contribution < -0.4 is 9.47 Å². The highest BCUT2D eigenvalue weighted by Gasteiger charge is 2.22. The van der Waals surface area contributed by atoms with Crippen molar-refractivity contribution in [2.45, 2.75) is 13.3 Å². The van der Waals surface area contributed by atoms with Crippen LogP contribution >= 0.6 is 0 Å². The summed E-state index contributed by atoms with van der Waals surface area (Å²) in [6.45, 7) is 1.80. The molecule has 0 atom stereocenters. The summed E-state index contributed by atoms with van der Waals surface area (Å²) < 4.78 is 91.4. The van der Waals surface area contributed by atoms with Gasteiger partial charge in [-0.05, 0) is 71.3 Å². The minimum Gasteiger partial charge on any atom is -0.423 e. The highest BCUT2D eigenvalue weighted by Crippen LogP contribution is 2.30. The zero-order valence-corrected chi connectivity index (χ0v) is 18.3. The lowest BCUT2D eigenvalue weighted by atomic mass is 10.0. The summed E-state index contributed by atoms with van der Waals surface area (Å²) in [4.78, 5) is 24.7. The van der Waals surface area contributed by atoms with E-state index in [0.29, 0.717) is 34.9 Å². The van der Waals surface area contributed by atoms with Crippen LogP contribution in [0.4, 0.5) is 26.3 Å². The van der Waals surface area contributed by atoms with Gasteiger partial charge in [0.25, 0.3) is 0 Å². The molecule has 0 aromatic heterocycles. The summed E-state index contributed by atoms with van der Waals surface area (Å²) in [6, 6.07) is 9.79. The van der Waals surface area contributed by atoms with Gasteiger partial charge in [-0.1, -0.05) is 13.0 Å². The predicted molar refractivity (Wildman–Crippen MR) is 116 cm³/mol. The van der Waals surface area contributed by atoms with E-state index >= 15 is 0 Å². The van der Waals surface area contributed by atoms with Gasteiger partial charge in [-0.25, -0.2) is 35.9 Å². The van der Waals surface area contributed by atoms with Crippen molar-refractivity contribution in [3.63, 3.8) is 0 Å². The first-order valence-corrected chi connectivity index (χ1v) is 10.4. The molecule has 0 unspecified atom stereocenters. The minimum absolute atomic E-state index is 0.0661. The van der Waals surface area contributed by atoms with E-state index in [1.54, 1.807) is 13.0 Å². The van der Waals surface area contributed by atoms with Crippen LogP contribution in [0.25, 0.3) is 10.8 Å². The number of ether oxygens (including phenoxy) is 2. The Morgan fingerprint density at radius 3 is 1.67 bits per heavy atom. The van der Waals surface area contributed by atoms with E-state index in [-0.39, 0.29) is 11.5 Å². The summed E-state index contributed by atoms with van der Waals surface area (Å²) in [5.74, 6) is -12.7. The van der Waals surface area contributed by atoms with E-state index in [1.807, 2.05) is 0 Å². The normalized spacial score (nSPS) is 11.0. The molecule has 0 spiro atoms. The minimum atomic E-state index is -1.82. The number of carbonyl (C=O) groups is 2. The van der Waals surface area contributed by atoms with Crippen molar-refractivity contribution in [3.05, 3.63) is 106 Å². The molecule has 4 aromatic rings. The number of hydrogen-bond acceptors (Lipinski definition) is 4. The fourth-order valence-corrected chi connectivity index (χ4v) is 3.50. The molecule has 10 heteroatoms. The topological polar surface area (TPSA) is 52.6 Å². The molecule has 0 heterocycles. The second-order valence-corrected chi connectivity index (χ2v) is 7.54. The van der Waals surface area contributed by atoms with Gasteiger partial charge in [0.15, 0.2) is 34.9 Å². The SMILES string of the molecule is CCc1cc(OC(=O)c2ccc(F)c(F)c2F)cc2cc(OC(=O)c3ccc(F)c(F)c3F)ccc12. The molecular formula is C26H14F6O4. The molecule has 184 valence electrons. The van der Waals surface area contributed by atoms with Gasteiger partial charge in [-0.2, -0.15) is 0 Å². The van der Waals surface area contributed by atoms with E-state index in [9.17, 15) is 35.9 Å². The third kappa shape index (κ3) is 4.61. The molecule has 0 N–H and O–H groups in total. The van der Waals surface area contributed by atoms with Gasteiger partial charge in [0.05, 0.1) is 11.1 Å². The third-order valence-electron chi connectivity index (χ3n) is 5.30. The lowest BCUT2D eigenvalue weighted by Gasteiger charge is -2.12. The molecule has 4 aromatic carbocycles. The number of carbonyl (C=O) groups excluding carboxylic acids is 2. The molecule has 0 aliphatic heterocycles. The maximum absolute atomic E-state index is 14.0. The standard InChI is InChI=1S/C26H14F6O4/c1-2-12-9-15(36-26(34)18-6-8-20(28)24(32)22(18)30)11-13-10-14(3-4-16(12)13)35-25(33)17-5-7-19(27)23(31)21(17)29/h3-11H,2H2,1H3. The summed E-state index contributed by atoms with van der Waals surface area (Å²) in [7, 11) is 0. The molecule has 0 amide bonds. The zero-order chi connectivity index (χ0) is 26.1. The average Bonchev–Trinajstić information content (AvgIpc) is 2.85. The molecule has 0 radical (unpaired) electrons. The highest BCUT2D eigenvalue weighted by atomic mass is 19.2. The van der Waals surface area contributed by atoms with E-state index in [4.69, 9.17) is 9.47 Å². The first-order valence-electron chi connectivity index (χ1n) is 10.4. The quantitative estimate of drug-likeness (QED) is 0.132. The van der Waals surface area contributed by atoms with Crippen molar-refractivity contribution >= 4 is 22.7 Å². The van der Waals surface area contributed by atoms with Crippen LogP contribution in [0.3, 0.4) is 0 Å². The second-order valence-electron chi connectivity index (χ2n) is 7.54. The first kappa shape index (κ1) is 24.8. The molecule has 0 saturated carbocycles. The summed E-state index contributed by atoms with van der Waals surface area (Å²) >= 11 is 0. The number of rotatable bonds is 5. The van der Waals surface area contributed by atoms with Crippen LogP contribution in [0.15, 0.2) is 54.6 Å². The highest BCUT2D eigenvalue weighted by molar-refractivity contribution is 5.95.